The molecule has 3 unspecified atom stereocenters. The SMILES string of the molecule is CO/N=C\C1C2CNCC12c1ccc(Cl)cc1. The minimum absolute atomic E-state index is 0.215. The van der Waals surface area contributed by atoms with E-state index < -0.39 is 0 Å². The van der Waals surface area contributed by atoms with Crippen LogP contribution in [0.25, 0.3) is 0 Å². The molecule has 3 rings (SSSR count). The van der Waals surface area contributed by atoms with Crippen molar-refractivity contribution in [3.63, 3.8) is 0 Å². The molecule has 1 saturated carbocycles. The maximum absolute atomic E-state index is 5.94. The number of oxime groups is 1. The van der Waals surface area contributed by atoms with Gasteiger partial charge in [0.2, 0.25) is 0 Å². The molecule has 1 N–H and O–H groups in total. The van der Waals surface area contributed by atoms with E-state index >= 15 is 0 Å². The van der Waals surface area contributed by atoms with E-state index in [9.17, 15) is 0 Å². The first-order valence-electron chi connectivity index (χ1n) is 5.82. The van der Waals surface area contributed by atoms with Gasteiger partial charge in [-0.3, -0.25) is 0 Å². The minimum Gasteiger partial charge on any atom is -0.399 e. The van der Waals surface area contributed by atoms with Crippen LogP contribution >= 0.6 is 11.6 Å². The van der Waals surface area contributed by atoms with E-state index in [1.54, 1.807) is 7.11 Å². The molecule has 2 aliphatic rings. The summed E-state index contributed by atoms with van der Waals surface area (Å²) in [6, 6.07) is 8.18. The first kappa shape index (κ1) is 11.1. The third-order valence-corrected chi connectivity index (χ3v) is 4.32. The first-order valence-corrected chi connectivity index (χ1v) is 6.20. The van der Waals surface area contributed by atoms with Crippen LogP contribution in [0.5, 0.6) is 0 Å². The topological polar surface area (TPSA) is 33.6 Å². The average Bonchev–Trinajstić information content (AvgIpc) is 2.74. The van der Waals surface area contributed by atoms with Gasteiger partial charge in [-0.05, 0) is 30.2 Å². The fourth-order valence-electron chi connectivity index (χ4n) is 3.18. The zero-order valence-electron chi connectivity index (χ0n) is 9.69. The van der Waals surface area contributed by atoms with Crippen molar-refractivity contribution < 1.29 is 4.84 Å². The van der Waals surface area contributed by atoms with Gasteiger partial charge in [-0.25, -0.2) is 0 Å². The third kappa shape index (κ3) is 1.57. The van der Waals surface area contributed by atoms with Crippen LogP contribution in [-0.4, -0.2) is 26.4 Å². The summed E-state index contributed by atoms with van der Waals surface area (Å²) in [7, 11) is 1.59. The molecule has 0 bridgehead atoms. The van der Waals surface area contributed by atoms with Gasteiger partial charge in [-0.2, -0.15) is 0 Å². The number of fused-ring (bicyclic) bond motifs is 1. The standard InChI is InChI=1S/C13H15ClN2O/c1-17-16-7-12-11-6-15-8-13(11,12)9-2-4-10(14)5-3-9/h2-5,7,11-12,15H,6,8H2,1H3/b16-7-. The summed E-state index contributed by atoms with van der Waals surface area (Å²) < 4.78 is 0. The molecule has 1 aliphatic heterocycles. The van der Waals surface area contributed by atoms with E-state index in [1.165, 1.54) is 5.56 Å². The Balaban J connectivity index is 1.90. The molecule has 2 fully saturated rings. The van der Waals surface area contributed by atoms with E-state index in [2.05, 4.69) is 22.6 Å². The number of halogens is 1. The number of piperidine rings is 1. The Bertz CT molecular complexity index is 445. The molecular formula is C13H15ClN2O. The molecule has 17 heavy (non-hydrogen) atoms. The number of nitrogens with zero attached hydrogens (tertiary/aromatic N) is 1. The predicted molar refractivity (Wildman–Crippen MR) is 68.5 cm³/mol. The molecule has 90 valence electrons. The fraction of sp³-hybridized carbons (Fsp3) is 0.462. The van der Waals surface area contributed by atoms with Gasteiger partial charge in [0.15, 0.2) is 0 Å². The van der Waals surface area contributed by atoms with Crippen LogP contribution in [0.4, 0.5) is 0 Å². The van der Waals surface area contributed by atoms with Crippen LogP contribution < -0.4 is 5.32 Å². The predicted octanol–water partition coefficient (Wildman–Crippen LogP) is 2.06. The van der Waals surface area contributed by atoms with Gasteiger partial charge in [-0.1, -0.05) is 28.9 Å². The molecule has 1 saturated heterocycles. The van der Waals surface area contributed by atoms with E-state index in [0.29, 0.717) is 11.8 Å². The summed E-state index contributed by atoms with van der Waals surface area (Å²) in [5, 5.41) is 8.16. The highest BCUT2D eigenvalue weighted by Crippen LogP contribution is 2.61. The maximum atomic E-state index is 5.94. The lowest BCUT2D eigenvalue weighted by Crippen LogP contribution is -2.23. The third-order valence-electron chi connectivity index (χ3n) is 4.07. The van der Waals surface area contributed by atoms with Crippen LogP contribution in [0.2, 0.25) is 5.02 Å². The average molecular weight is 251 g/mol. The van der Waals surface area contributed by atoms with Gasteiger partial charge in [0.05, 0.1) is 0 Å². The van der Waals surface area contributed by atoms with E-state index in [0.717, 1.165) is 18.1 Å². The lowest BCUT2D eigenvalue weighted by molar-refractivity contribution is 0.214. The van der Waals surface area contributed by atoms with Crippen molar-refractivity contribution >= 4 is 17.8 Å². The fourth-order valence-corrected chi connectivity index (χ4v) is 3.30. The molecule has 0 aromatic heterocycles. The van der Waals surface area contributed by atoms with Crippen LogP contribution in [0.3, 0.4) is 0 Å². The van der Waals surface area contributed by atoms with Gasteiger partial charge in [-0.15, -0.1) is 0 Å². The maximum Gasteiger partial charge on any atom is 0.106 e. The summed E-state index contributed by atoms with van der Waals surface area (Å²) >= 11 is 5.94. The molecule has 1 aromatic carbocycles. The monoisotopic (exact) mass is 250 g/mol. The number of rotatable bonds is 3. The largest absolute Gasteiger partial charge is 0.399 e. The Morgan fingerprint density at radius 2 is 2.24 bits per heavy atom. The molecule has 0 spiro atoms. The summed E-state index contributed by atoms with van der Waals surface area (Å²) in [6.07, 6.45) is 1.94. The Morgan fingerprint density at radius 1 is 1.47 bits per heavy atom. The van der Waals surface area contributed by atoms with Crippen molar-refractivity contribution in [1.82, 2.24) is 5.32 Å². The van der Waals surface area contributed by atoms with Crippen LogP contribution in [0, 0.1) is 11.8 Å². The number of benzene rings is 1. The van der Waals surface area contributed by atoms with E-state index in [-0.39, 0.29) is 5.41 Å². The first-order chi connectivity index (χ1) is 8.29. The molecule has 1 aromatic rings. The smallest absolute Gasteiger partial charge is 0.106 e. The summed E-state index contributed by atoms with van der Waals surface area (Å²) in [4.78, 5) is 4.79. The molecule has 3 nitrogen and oxygen atoms in total. The van der Waals surface area contributed by atoms with Gasteiger partial charge < -0.3 is 10.2 Å². The minimum atomic E-state index is 0.215. The Hall–Kier alpha value is -1.06. The van der Waals surface area contributed by atoms with Gasteiger partial charge in [0.1, 0.15) is 7.11 Å². The van der Waals surface area contributed by atoms with Crippen molar-refractivity contribution in [3.8, 4) is 0 Å². The molecule has 1 aliphatic carbocycles. The van der Waals surface area contributed by atoms with Crippen molar-refractivity contribution in [1.29, 1.82) is 0 Å². The second kappa shape index (κ2) is 4.00. The molecule has 1 heterocycles. The van der Waals surface area contributed by atoms with Crippen molar-refractivity contribution in [2.75, 3.05) is 20.2 Å². The number of nitrogens with one attached hydrogen (secondary N) is 1. The van der Waals surface area contributed by atoms with Gasteiger partial charge in [0, 0.05) is 29.1 Å². The molecule has 3 atom stereocenters. The highest BCUT2D eigenvalue weighted by atomic mass is 35.5. The molecular weight excluding hydrogens is 236 g/mol. The molecule has 0 radical (unpaired) electrons. The Kier molecular flexibility index (Phi) is 2.60. The van der Waals surface area contributed by atoms with Gasteiger partial charge in [0.25, 0.3) is 0 Å². The summed E-state index contributed by atoms with van der Waals surface area (Å²) in [6.45, 7) is 2.07. The van der Waals surface area contributed by atoms with Crippen molar-refractivity contribution in [2.45, 2.75) is 5.41 Å². The highest BCUT2D eigenvalue weighted by Gasteiger charge is 2.67. The summed E-state index contributed by atoms with van der Waals surface area (Å²) in [5.74, 6) is 1.13. The lowest BCUT2D eigenvalue weighted by atomic mass is 9.93. The van der Waals surface area contributed by atoms with Crippen molar-refractivity contribution in [2.24, 2.45) is 17.0 Å². The number of hydrogen-bond acceptors (Lipinski definition) is 3. The van der Waals surface area contributed by atoms with Crippen molar-refractivity contribution in [3.05, 3.63) is 34.9 Å². The van der Waals surface area contributed by atoms with Crippen LogP contribution in [0.1, 0.15) is 5.56 Å². The zero-order chi connectivity index (χ0) is 11.9. The normalized spacial score (nSPS) is 34.9. The lowest BCUT2D eigenvalue weighted by Gasteiger charge is -2.14. The van der Waals surface area contributed by atoms with Gasteiger partial charge >= 0.3 is 0 Å². The van der Waals surface area contributed by atoms with E-state index in [4.69, 9.17) is 16.4 Å². The Labute approximate surface area is 106 Å². The molecule has 0 amide bonds. The van der Waals surface area contributed by atoms with Crippen LogP contribution in [-0.2, 0) is 10.3 Å². The quantitative estimate of drug-likeness (QED) is 0.658. The Morgan fingerprint density at radius 3 is 2.94 bits per heavy atom. The molecule has 4 heteroatoms. The second-order valence-corrected chi connectivity index (χ2v) is 5.18. The van der Waals surface area contributed by atoms with Crippen LogP contribution in [0.15, 0.2) is 29.4 Å². The summed E-state index contributed by atoms with van der Waals surface area (Å²) in [5.41, 5.74) is 1.57. The second-order valence-electron chi connectivity index (χ2n) is 4.75. The zero-order valence-corrected chi connectivity index (χ0v) is 10.4. The number of hydrogen-bond donors (Lipinski definition) is 1. The van der Waals surface area contributed by atoms with E-state index in [1.807, 2.05) is 18.3 Å². The highest BCUT2D eigenvalue weighted by molar-refractivity contribution is 6.30.